The van der Waals surface area contributed by atoms with Gasteiger partial charge in [0.15, 0.2) is 0 Å². The molecule has 0 N–H and O–H groups in total. The predicted molar refractivity (Wildman–Crippen MR) is 50.0 cm³/mol. The highest BCUT2D eigenvalue weighted by atomic mass is 19.1. The van der Waals surface area contributed by atoms with E-state index < -0.39 is 0 Å². The van der Waals surface area contributed by atoms with Crippen LogP contribution in [0.4, 0.5) is 4.39 Å². The SMILES string of the molecule is CF.Cn1ccc2ccccc21. The minimum atomic E-state index is 0.500. The topological polar surface area (TPSA) is 4.93 Å². The van der Waals surface area contributed by atoms with Crippen molar-refractivity contribution >= 4 is 10.9 Å². The lowest BCUT2D eigenvalue weighted by Gasteiger charge is -1.92. The maximum absolute atomic E-state index is 9.50. The third kappa shape index (κ3) is 1.47. The predicted octanol–water partition coefficient (Wildman–Crippen LogP) is 2.76. The van der Waals surface area contributed by atoms with Crippen molar-refractivity contribution in [3.05, 3.63) is 36.5 Å². The lowest BCUT2D eigenvalue weighted by atomic mass is 10.2. The first-order valence-electron chi connectivity index (χ1n) is 3.76. The summed E-state index contributed by atoms with van der Waals surface area (Å²) in [6, 6.07) is 10.5. The molecule has 0 bridgehead atoms. The van der Waals surface area contributed by atoms with E-state index in [9.17, 15) is 4.39 Å². The molecule has 1 heterocycles. The van der Waals surface area contributed by atoms with Crippen LogP contribution in [-0.2, 0) is 7.05 Å². The molecule has 1 nitrogen and oxygen atoms in total. The molecule has 2 heteroatoms. The van der Waals surface area contributed by atoms with Gasteiger partial charge in [0.25, 0.3) is 0 Å². The van der Waals surface area contributed by atoms with Crippen LogP contribution in [0.1, 0.15) is 0 Å². The Morgan fingerprint density at radius 3 is 2.42 bits per heavy atom. The Hall–Kier alpha value is -1.31. The summed E-state index contributed by atoms with van der Waals surface area (Å²) in [5.74, 6) is 0. The van der Waals surface area contributed by atoms with Gasteiger partial charge in [-0.3, -0.25) is 4.39 Å². The van der Waals surface area contributed by atoms with Crippen LogP contribution in [0.25, 0.3) is 10.9 Å². The van der Waals surface area contributed by atoms with Crippen LogP contribution in [0.15, 0.2) is 36.5 Å². The third-order valence-electron chi connectivity index (χ3n) is 1.79. The van der Waals surface area contributed by atoms with E-state index in [0.29, 0.717) is 7.18 Å². The average Bonchev–Trinajstić information content (AvgIpc) is 2.53. The molecule has 0 saturated carbocycles. The van der Waals surface area contributed by atoms with Gasteiger partial charge in [0.05, 0.1) is 7.18 Å². The molecule has 0 radical (unpaired) electrons. The van der Waals surface area contributed by atoms with Gasteiger partial charge in [-0.2, -0.15) is 0 Å². The summed E-state index contributed by atoms with van der Waals surface area (Å²) >= 11 is 0. The summed E-state index contributed by atoms with van der Waals surface area (Å²) < 4.78 is 11.6. The van der Waals surface area contributed by atoms with Gasteiger partial charge in [-0.1, -0.05) is 18.2 Å². The summed E-state index contributed by atoms with van der Waals surface area (Å²) in [7, 11) is 2.56. The molecule has 0 fully saturated rings. The molecule has 64 valence electrons. The van der Waals surface area contributed by atoms with Gasteiger partial charge in [-0.15, -0.1) is 0 Å². The van der Waals surface area contributed by atoms with E-state index in [1.165, 1.54) is 10.9 Å². The monoisotopic (exact) mass is 165 g/mol. The van der Waals surface area contributed by atoms with Crippen molar-refractivity contribution in [2.45, 2.75) is 0 Å². The smallest absolute Gasteiger partial charge is 0.0785 e. The second kappa shape index (κ2) is 3.90. The van der Waals surface area contributed by atoms with Crippen LogP contribution in [0.2, 0.25) is 0 Å². The number of hydrogen-bond acceptors (Lipinski definition) is 0. The molecule has 12 heavy (non-hydrogen) atoms. The number of rotatable bonds is 0. The zero-order chi connectivity index (χ0) is 8.97. The van der Waals surface area contributed by atoms with E-state index in [4.69, 9.17) is 0 Å². The normalized spacial score (nSPS) is 9.25. The van der Waals surface area contributed by atoms with Crippen molar-refractivity contribution in [3.8, 4) is 0 Å². The zero-order valence-electron chi connectivity index (χ0n) is 7.29. The Bertz CT molecular complexity index is 351. The van der Waals surface area contributed by atoms with E-state index in [2.05, 4.69) is 48.1 Å². The largest absolute Gasteiger partial charge is 0.351 e. The summed E-state index contributed by atoms with van der Waals surface area (Å²) in [5, 5.41) is 1.31. The van der Waals surface area contributed by atoms with Gasteiger partial charge < -0.3 is 4.57 Å². The summed E-state index contributed by atoms with van der Waals surface area (Å²) in [6.45, 7) is 0. The highest BCUT2D eigenvalue weighted by molar-refractivity contribution is 5.79. The summed E-state index contributed by atoms with van der Waals surface area (Å²) in [4.78, 5) is 0. The quantitative estimate of drug-likeness (QED) is 0.565. The van der Waals surface area contributed by atoms with Crippen molar-refractivity contribution in [1.29, 1.82) is 0 Å². The van der Waals surface area contributed by atoms with E-state index in [0.717, 1.165) is 0 Å². The van der Waals surface area contributed by atoms with Crippen molar-refractivity contribution in [3.63, 3.8) is 0 Å². The van der Waals surface area contributed by atoms with Gasteiger partial charge in [0, 0.05) is 18.8 Å². The molecular weight excluding hydrogens is 153 g/mol. The number of hydrogen-bond donors (Lipinski definition) is 0. The molecule has 0 aliphatic heterocycles. The second-order valence-corrected chi connectivity index (χ2v) is 2.49. The Morgan fingerprint density at radius 1 is 1.08 bits per heavy atom. The first-order valence-corrected chi connectivity index (χ1v) is 3.76. The zero-order valence-corrected chi connectivity index (χ0v) is 7.29. The molecule has 0 atom stereocenters. The number of aromatic nitrogens is 1. The van der Waals surface area contributed by atoms with Crippen molar-refractivity contribution in [1.82, 2.24) is 4.57 Å². The van der Waals surface area contributed by atoms with Crippen molar-refractivity contribution < 1.29 is 4.39 Å². The van der Waals surface area contributed by atoms with Crippen molar-refractivity contribution in [2.24, 2.45) is 7.05 Å². The molecule has 2 aromatic rings. The fraction of sp³-hybridized carbons (Fsp3) is 0.200. The number of fused-ring (bicyclic) bond motifs is 1. The van der Waals surface area contributed by atoms with E-state index in [-0.39, 0.29) is 0 Å². The standard InChI is InChI=1S/C9H9N.CH3F/c1-10-7-6-8-4-2-3-5-9(8)10;1-2/h2-7H,1H3;1H3. The Labute approximate surface area is 71.4 Å². The van der Waals surface area contributed by atoms with Crippen LogP contribution in [0, 0.1) is 0 Å². The molecule has 0 amide bonds. The van der Waals surface area contributed by atoms with Gasteiger partial charge in [-0.05, 0) is 17.5 Å². The fourth-order valence-corrected chi connectivity index (χ4v) is 1.22. The summed E-state index contributed by atoms with van der Waals surface area (Å²) in [5.41, 5.74) is 1.29. The number of alkyl halides is 1. The first-order chi connectivity index (χ1) is 5.88. The minimum absolute atomic E-state index is 0.500. The molecule has 0 aliphatic carbocycles. The Balaban J connectivity index is 0.000000336. The number of benzene rings is 1. The van der Waals surface area contributed by atoms with Gasteiger partial charge >= 0.3 is 0 Å². The van der Waals surface area contributed by atoms with E-state index in [1.807, 2.05) is 0 Å². The van der Waals surface area contributed by atoms with Crippen LogP contribution >= 0.6 is 0 Å². The number of para-hydroxylation sites is 1. The molecule has 0 spiro atoms. The summed E-state index contributed by atoms with van der Waals surface area (Å²) in [6.07, 6.45) is 2.07. The van der Waals surface area contributed by atoms with Crippen molar-refractivity contribution in [2.75, 3.05) is 7.18 Å². The second-order valence-electron chi connectivity index (χ2n) is 2.49. The highest BCUT2D eigenvalue weighted by Gasteiger charge is 1.92. The number of halogens is 1. The molecule has 0 aliphatic rings. The van der Waals surface area contributed by atoms with Gasteiger partial charge in [0.2, 0.25) is 0 Å². The highest BCUT2D eigenvalue weighted by Crippen LogP contribution is 2.12. The van der Waals surface area contributed by atoms with E-state index >= 15 is 0 Å². The number of nitrogens with zero attached hydrogens (tertiary/aromatic N) is 1. The van der Waals surface area contributed by atoms with Crippen LogP contribution in [0.3, 0.4) is 0 Å². The lowest BCUT2D eigenvalue weighted by Crippen LogP contribution is -1.81. The fourth-order valence-electron chi connectivity index (χ4n) is 1.22. The third-order valence-corrected chi connectivity index (χ3v) is 1.79. The Kier molecular flexibility index (Phi) is 2.86. The molecule has 2 rings (SSSR count). The minimum Gasteiger partial charge on any atom is -0.351 e. The molecule has 1 aromatic carbocycles. The molecule has 1 aromatic heterocycles. The maximum atomic E-state index is 9.50. The van der Waals surface area contributed by atoms with Crippen LogP contribution < -0.4 is 0 Å². The number of aryl methyl sites for hydroxylation is 1. The Morgan fingerprint density at radius 2 is 1.75 bits per heavy atom. The van der Waals surface area contributed by atoms with Gasteiger partial charge in [-0.25, -0.2) is 0 Å². The lowest BCUT2D eigenvalue weighted by molar-refractivity contribution is 0.636. The molecular formula is C10H12FN. The van der Waals surface area contributed by atoms with E-state index in [1.54, 1.807) is 0 Å². The van der Waals surface area contributed by atoms with Crippen LogP contribution in [0.5, 0.6) is 0 Å². The molecule has 0 unspecified atom stereocenters. The van der Waals surface area contributed by atoms with Crippen LogP contribution in [-0.4, -0.2) is 11.7 Å². The van der Waals surface area contributed by atoms with Gasteiger partial charge in [0.1, 0.15) is 0 Å². The maximum Gasteiger partial charge on any atom is 0.0785 e. The average molecular weight is 165 g/mol. The first kappa shape index (κ1) is 8.78. The molecule has 0 saturated heterocycles.